The van der Waals surface area contributed by atoms with Crippen LogP contribution in [0.2, 0.25) is 0 Å². The molecule has 1 heterocycles. The van der Waals surface area contributed by atoms with E-state index in [1.165, 1.54) is 0 Å². The van der Waals surface area contributed by atoms with E-state index in [0.717, 1.165) is 5.56 Å². The molecule has 1 aromatic carbocycles. The van der Waals surface area contributed by atoms with Gasteiger partial charge in [0.2, 0.25) is 5.91 Å². The Morgan fingerprint density at radius 2 is 2.11 bits per heavy atom. The highest BCUT2D eigenvalue weighted by atomic mass is 16.2. The van der Waals surface area contributed by atoms with Crippen molar-refractivity contribution in [1.82, 2.24) is 10.2 Å². The summed E-state index contributed by atoms with van der Waals surface area (Å²) in [6.45, 7) is 5.49. The zero-order valence-corrected chi connectivity index (χ0v) is 11.4. The molecule has 0 spiro atoms. The molecule has 1 saturated heterocycles. The van der Waals surface area contributed by atoms with E-state index in [1.807, 2.05) is 30.3 Å². The highest BCUT2D eigenvalue weighted by Crippen LogP contribution is 2.25. The average molecular weight is 257 g/mol. The number of carbonyl (C=O) groups excluding carboxylic acids is 1. The Hall–Kier alpha value is -1.86. The van der Waals surface area contributed by atoms with E-state index in [9.17, 15) is 4.79 Å². The summed E-state index contributed by atoms with van der Waals surface area (Å²) in [5, 5.41) is 11.8. The van der Waals surface area contributed by atoms with Crippen LogP contribution in [-0.4, -0.2) is 28.9 Å². The van der Waals surface area contributed by atoms with Gasteiger partial charge >= 0.3 is 0 Å². The van der Waals surface area contributed by atoms with Gasteiger partial charge in [0.05, 0.1) is 12.5 Å². The van der Waals surface area contributed by atoms with Crippen molar-refractivity contribution < 1.29 is 4.79 Å². The molecule has 1 atom stereocenters. The summed E-state index contributed by atoms with van der Waals surface area (Å²) in [5.74, 6) is -0.0446. The lowest BCUT2D eigenvalue weighted by Gasteiger charge is -2.46. The molecule has 1 amide bonds. The van der Waals surface area contributed by atoms with Gasteiger partial charge in [0.15, 0.2) is 0 Å². The molecule has 0 aliphatic carbocycles. The molecule has 1 aromatic rings. The van der Waals surface area contributed by atoms with Crippen molar-refractivity contribution in [3.8, 4) is 6.07 Å². The normalized spacial score (nSPS) is 22.6. The minimum Gasteiger partial charge on any atom is -0.353 e. The number of amides is 1. The number of nitriles is 1. The van der Waals surface area contributed by atoms with Gasteiger partial charge in [-0.05, 0) is 19.4 Å². The smallest absolute Gasteiger partial charge is 0.238 e. The van der Waals surface area contributed by atoms with Crippen LogP contribution < -0.4 is 5.32 Å². The first-order valence-electron chi connectivity index (χ1n) is 6.50. The van der Waals surface area contributed by atoms with E-state index >= 15 is 0 Å². The molecule has 1 aliphatic rings. The number of piperazine rings is 1. The predicted molar refractivity (Wildman–Crippen MR) is 73.1 cm³/mol. The van der Waals surface area contributed by atoms with Crippen LogP contribution in [0.3, 0.4) is 0 Å². The Labute approximate surface area is 114 Å². The summed E-state index contributed by atoms with van der Waals surface area (Å²) < 4.78 is 0. The molecular weight excluding hydrogens is 238 g/mol. The highest BCUT2D eigenvalue weighted by Gasteiger charge is 2.40. The summed E-state index contributed by atoms with van der Waals surface area (Å²) in [7, 11) is 0. The van der Waals surface area contributed by atoms with Crippen molar-refractivity contribution in [1.29, 1.82) is 5.26 Å². The summed E-state index contributed by atoms with van der Waals surface area (Å²) in [4.78, 5) is 14.1. The number of hydrogen-bond acceptors (Lipinski definition) is 3. The van der Waals surface area contributed by atoms with Gasteiger partial charge in [-0.3, -0.25) is 9.69 Å². The van der Waals surface area contributed by atoms with Crippen LogP contribution in [0.4, 0.5) is 0 Å². The maximum absolute atomic E-state index is 12.0. The molecule has 4 nitrogen and oxygen atoms in total. The Balaban J connectivity index is 2.25. The quantitative estimate of drug-likeness (QED) is 0.896. The Bertz CT molecular complexity index is 490. The van der Waals surface area contributed by atoms with Gasteiger partial charge in [0, 0.05) is 18.6 Å². The van der Waals surface area contributed by atoms with Crippen LogP contribution in [-0.2, 0) is 11.3 Å². The van der Waals surface area contributed by atoms with Crippen molar-refractivity contribution in [3.63, 3.8) is 0 Å². The van der Waals surface area contributed by atoms with Crippen LogP contribution in [0.25, 0.3) is 0 Å². The van der Waals surface area contributed by atoms with Crippen LogP contribution in [0.15, 0.2) is 30.3 Å². The molecule has 0 saturated carbocycles. The molecule has 1 N–H and O–H groups in total. The molecule has 1 aliphatic heterocycles. The number of hydrogen-bond donors (Lipinski definition) is 1. The molecule has 4 heteroatoms. The Kier molecular flexibility index (Phi) is 3.87. The van der Waals surface area contributed by atoms with Gasteiger partial charge in [0.25, 0.3) is 0 Å². The minimum atomic E-state index is -0.367. The second kappa shape index (κ2) is 5.41. The molecular formula is C15H19N3O. The zero-order valence-electron chi connectivity index (χ0n) is 11.4. The third-order valence-electron chi connectivity index (χ3n) is 3.63. The van der Waals surface area contributed by atoms with Crippen molar-refractivity contribution in [2.24, 2.45) is 0 Å². The van der Waals surface area contributed by atoms with Gasteiger partial charge in [-0.2, -0.15) is 5.26 Å². The second-order valence-electron chi connectivity index (χ2n) is 5.52. The number of nitrogens with zero attached hydrogens (tertiary/aromatic N) is 2. The maximum atomic E-state index is 12.0. The van der Waals surface area contributed by atoms with Crippen LogP contribution in [0.5, 0.6) is 0 Å². The van der Waals surface area contributed by atoms with Gasteiger partial charge in [-0.15, -0.1) is 0 Å². The molecule has 19 heavy (non-hydrogen) atoms. The summed E-state index contributed by atoms with van der Waals surface area (Å²) in [6.07, 6.45) is 0.224. The van der Waals surface area contributed by atoms with Gasteiger partial charge < -0.3 is 5.32 Å². The lowest BCUT2D eigenvalue weighted by Crippen LogP contribution is -2.64. The van der Waals surface area contributed by atoms with E-state index in [1.54, 1.807) is 0 Å². The Morgan fingerprint density at radius 1 is 1.42 bits per heavy atom. The first-order chi connectivity index (χ1) is 9.04. The largest absolute Gasteiger partial charge is 0.353 e. The number of benzene rings is 1. The topological polar surface area (TPSA) is 56.1 Å². The van der Waals surface area contributed by atoms with Crippen LogP contribution >= 0.6 is 0 Å². The SMILES string of the molecule is CC1(C)CNC(=O)C(CC#N)N1Cc1ccccc1. The third kappa shape index (κ3) is 2.94. The standard InChI is InChI=1S/C15H19N3O/c1-15(2)11-17-14(19)13(8-9-16)18(15)10-12-6-4-3-5-7-12/h3-7,13H,8,10-11H2,1-2H3,(H,17,19). The summed E-state index contributed by atoms with van der Waals surface area (Å²) in [6, 6.07) is 11.8. The minimum absolute atomic E-state index is 0.0446. The molecule has 2 rings (SSSR count). The zero-order chi connectivity index (χ0) is 13.9. The van der Waals surface area contributed by atoms with Crippen molar-refractivity contribution in [2.45, 2.75) is 38.4 Å². The second-order valence-corrected chi connectivity index (χ2v) is 5.52. The fraction of sp³-hybridized carbons (Fsp3) is 0.467. The van der Waals surface area contributed by atoms with E-state index in [0.29, 0.717) is 13.1 Å². The summed E-state index contributed by atoms with van der Waals surface area (Å²) in [5.41, 5.74) is 1.01. The number of carbonyl (C=O) groups is 1. The first-order valence-corrected chi connectivity index (χ1v) is 6.50. The predicted octanol–water partition coefficient (Wildman–Crippen LogP) is 1.68. The highest BCUT2D eigenvalue weighted by molar-refractivity contribution is 5.83. The fourth-order valence-electron chi connectivity index (χ4n) is 2.48. The van der Waals surface area contributed by atoms with Crippen LogP contribution in [0.1, 0.15) is 25.8 Å². The Morgan fingerprint density at radius 3 is 2.74 bits per heavy atom. The van der Waals surface area contributed by atoms with Crippen molar-refractivity contribution in [2.75, 3.05) is 6.54 Å². The molecule has 0 aromatic heterocycles. The lowest BCUT2D eigenvalue weighted by atomic mass is 9.93. The molecule has 1 fully saturated rings. The molecule has 0 bridgehead atoms. The van der Waals surface area contributed by atoms with Crippen LogP contribution in [0, 0.1) is 11.3 Å². The fourth-order valence-corrected chi connectivity index (χ4v) is 2.48. The maximum Gasteiger partial charge on any atom is 0.238 e. The van der Waals surface area contributed by atoms with Crippen molar-refractivity contribution >= 4 is 5.91 Å². The van der Waals surface area contributed by atoms with Gasteiger partial charge in [0.1, 0.15) is 6.04 Å². The molecule has 1 unspecified atom stereocenters. The first kappa shape index (κ1) is 13.6. The van der Waals surface area contributed by atoms with Gasteiger partial charge in [-0.25, -0.2) is 0 Å². The molecule has 0 radical (unpaired) electrons. The van der Waals surface area contributed by atoms with Crippen molar-refractivity contribution in [3.05, 3.63) is 35.9 Å². The monoisotopic (exact) mass is 257 g/mol. The van der Waals surface area contributed by atoms with E-state index in [4.69, 9.17) is 5.26 Å². The van der Waals surface area contributed by atoms with Gasteiger partial charge in [-0.1, -0.05) is 30.3 Å². The van der Waals surface area contributed by atoms with E-state index in [-0.39, 0.29) is 23.9 Å². The summed E-state index contributed by atoms with van der Waals surface area (Å²) >= 11 is 0. The van der Waals surface area contributed by atoms with E-state index < -0.39 is 0 Å². The molecule has 100 valence electrons. The number of nitrogens with one attached hydrogen (secondary N) is 1. The average Bonchev–Trinajstić information content (AvgIpc) is 2.40. The lowest BCUT2D eigenvalue weighted by molar-refractivity contribution is -0.134. The number of rotatable bonds is 3. The third-order valence-corrected chi connectivity index (χ3v) is 3.63. The van der Waals surface area contributed by atoms with E-state index in [2.05, 4.69) is 30.1 Å².